The van der Waals surface area contributed by atoms with Gasteiger partial charge in [0.25, 0.3) is 0 Å². The summed E-state index contributed by atoms with van der Waals surface area (Å²) in [5.41, 5.74) is 2.05. The molecule has 0 spiro atoms. The van der Waals surface area contributed by atoms with E-state index in [1.165, 1.54) is 5.56 Å². The molecule has 76 valence electrons. The van der Waals surface area contributed by atoms with E-state index >= 15 is 0 Å². The molecule has 14 heavy (non-hydrogen) atoms. The Bertz CT molecular complexity index is 335. The van der Waals surface area contributed by atoms with Crippen molar-refractivity contribution in [1.82, 2.24) is 5.32 Å². The first kappa shape index (κ1) is 9.66. The molecule has 0 saturated carbocycles. The Labute approximate surface area is 84.3 Å². The molecule has 0 bridgehead atoms. The first-order chi connectivity index (χ1) is 6.72. The maximum atomic E-state index is 13.6. The summed E-state index contributed by atoms with van der Waals surface area (Å²) in [4.78, 5) is 0. The molecular weight excluding hydrogens is 177 g/mol. The van der Waals surface area contributed by atoms with E-state index in [0.29, 0.717) is 6.04 Å². The van der Waals surface area contributed by atoms with Crippen molar-refractivity contribution in [3.05, 3.63) is 35.1 Å². The van der Waals surface area contributed by atoms with E-state index in [-0.39, 0.29) is 11.9 Å². The fourth-order valence-electron chi connectivity index (χ4n) is 2.29. The second-order valence-corrected chi connectivity index (χ2v) is 4.05. The van der Waals surface area contributed by atoms with Gasteiger partial charge in [0.05, 0.1) is 0 Å². The van der Waals surface area contributed by atoms with Gasteiger partial charge < -0.3 is 5.32 Å². The summed E-state index contributed by atoms with van der Waals surface area (Å²) >= 11 is 0. The minimum Gasteiger partial charge on any atom is -0.307 e. The Kier molecular flexibility index (Phi) is 2.55. The Balaban J connectivity index is 2.46. The van der Waals surface area contributed by atoms with E-state index < -0.39 is 0 Å². The van der Waals surface area contributed by atoms with E-state index in [4.69, 9.17) is 0 Å². The zero-order valence-electron chi connectivity index (χ0n) is 8.68. The van der Waals surface area contributed by atoms with E-state index in [2.05, 4.69) is 19.2 Å². The van der Waals surface area contributed by atoms with Gasteiger partial charge in [0, 0.05) is 17.6 Å². The van der Waals surface area contributed by atoms with Crippen LogP contribution in [0.4, 0.5) is 4.39 Å². The average Bonchev–Trinajstić information content (AvgIpc) is 2.16. The number of hydrogen-bond acceptors (Lipinski definition) is 1. The predicted molar refractivity (Wildman–Crippen MR) is 55.7 cm³/mol. The third-order valence-corrected chi connectivity index (χ3v) is 2.91. The van der Waals surface area contributed by atoms with Gasteiger partial charge in [-0.05, 0) is 31.4 Å². The summed E-state index contributed by atoms with van der Waals surface area (Å²) in [6, 6.07) is 6.04. The molecule has 0 aromatic heterocycles. The van der Waals surface area contributed by atoms with E-state index in [0.717, 1.165) is 18.4 Å². The van der Waals surface area contributed by atoms with Crippen LogP contribution in [-0.4, -0.2) is 6.04 Å². The minimum absolute atomic E-state index is 0.0613. The Hall–Kier alpha value is -0.890. The van der Waals surface area contributed by atoms with Crippen LogP contribution in [0.25, 0.3) is 0 Å². The van der Waals surface area contributed by atoms with Gasteiger partial charge in [-0.15, -0.1) is 0 Å². The maximum absolute atomic E-state index is 13.6. The highest BCUT2D eigenvalue weighted by Crippen LogP contribution is 2.29. The molecule has 2 atom stereocenters. The third kappa shape index (κ3) is 1.55. The monoisotopic (exact) mass is 193 g/mol. The first-order valence-electron chi connectivity index (χ1n) is 5.25. The van der Waals surface area contributed by atoms with Crippen LogP contribution in [-0.2, 0) is 6.42 Å². The molecule has 0 aliphatic carbocycles. The van der Waals surface area contributed by atoms with Crippen molar-refractivity contribution in [2.24, 2.45) is 0 Å². The molecule has 0 fully saturated rings. The highest BCUT2D eigenvalue weighted by Gasteiger charge is 2.24. The van der Waals surface area contributed by atoms with E-state index in [1.54, 1.807) is 12.1 Å². The van der Waals surface area contributed by atoms with Gasteiger partial charge in [0.2, 0.25) is 0 Å². The van der Waals surface area contributed by atoms with Crippen LogP contribution in [0.3, 0.4) is 0 Å². The maximum Gasteiger partial charge on any atom is 0.128 e. The smallest absolute Gasteiger partial charge is 0.128 e. The summed E-state index contributed by atoms with van der Waals surface area (Å²) in [6.45, 7) is 4.24. The number of nitrogens with one attached hydrogen (secondary N) is 1. The lowest BCUT2D eigenvalue weighted by molar-refractivity contribution is 0.398. The van der Waals surface area contributed by atoms with E-state index in [1.807, 2.05) is 6.07 Å². The fourth-order valence-corrected chi connectivity index (χ4v) is 2.29. The molecular formula is C12H16FN. The summed E-state index contributed by atoms with van der Waals surface area (Å²) in [6.07, 6.45) is 1.88. The largest absolute Gasteiger partial charge is 0.307 e. The molecule has 1 N–H and O–H groups in total. The number of fused-ring (bicyclic) bond motifs is 1. The van der Waals surface area contributed by atoms with Crippen LogP contribution in [0.1, 0.15) is 37.4 Å². The van der Waals surface area contributed by atoms with Gasteiger partial charge >= 0.3 is 0 Å². The van der Waals surface area contributed by atoms with Crippen molar-refractivity contribution in [2.75, 3.05) is 0 Å². The van der Waals surface area contributed by atoms with Crippen molar-refractivity contribution in [2.45, 2.75) is 38.8 Å². The van der Waals surface area contributed by atoms with Crippen molar-refractivity contribution in [1.29, 1.82) is 0 Å². The lowest BCUT2D eigenvalue weighted by atomic mass is 9.89. The summed E-state index contributed by atoms with van der Waals surface area (Å²) in [5.74, 6) is -0.0613. The van der Waals surface area contributed by atoms with Crippen LogP contribution in [0.2, 0.25) is 0 Å². The van der Waals surface area contributed by atoms with E-state index in [9.17, 15) is 4.39 Å². The second-order valence-electron chi connectivity index (χ2n) is 4.05. The number of hydrogen-bond donors (Lipinski definition) is 1. The van der Waals surface area contributed by atoms with Gasteiger partial charge in [0.1, 0.15) is 5.82 Å². The van der Waals surface area contributed by atoms with Crippen LogP contribution >= 0.6 is 0 Å². The Morgan fingerprint density at radius 3 is 3.00 bits per heavy atom. The lowest BCUT2D eigenvalue weighted by Crippen LogP contribution is -2.37. The number of rotatable bonds is 1. The zero-order valence-corrected chi connectivity index (χ0v) is 8.68. The average molecular weight is 193 g/mol. The standard InChI is InChI=1S/C12H16FN/c1-3-11-12-9(7-8(2)14-11)5-4-6-10(12)13/h4-6,8,11,14H,3,7H2,1-2H3. The molecule has 1 nitrogen and oxygen atoms in total. The minimum atomic E-state index is -0.0613. The molecule has 0 radical (unpaired) electrons. The summed E-state index contributed by atoms with van der Waals surface area (Å²) < 4.78 is 13.6. The first-order valence-corrected chi connectivity index (χ1v) is 5.25. The molecule has 1 heterocycles. The quantitative estimate of drug-likeness (QED) is 0.723. The predicted octanol–water partition coefficient (Wildman–Crippen LogP) is 2.81. The highest BCUT2D eigenvalue weighted by molar-refractivity contribution is 5.34. The van der Waals surface area contributed by atoms with Gasteiger partial charge in [0.15, 0.2) is 0 Å². The number of halogens is 1. The summed E-state index contributed by atoms with van der Waals surface area (Å²) in [5, 5.41) is 3.42. The zero-order chi connectivity index (χ0) is 10.1. The SMILES string of the molecule is CCC1NC(C)Cc2cccc(F)c21. The lowest BCUT2D eigenvalue weighted by Gasteiger charge is -2.31. The normalized spacial score (nSPS) is 25.9. The Morgan fingerprint density at radius 2 is 2.29 bits per heavy atom. The van der Waals surface area contributed by atoms with Gasteiger partial charge in [-0.1, -0.05) is 19.1 Å². The molecule has 2 rings (SSSR count). The molecule has 2 heteroatoms. The molecule has 0 amide bonds. The van der Waals surface area contributed by atoms with Crippen LogP contribution in [0.5, 0.6) is 0 Å². The van der Waals surface area contributed by atoms with Crippen molar-refractivity contribution in [3.8, 4) is 0 Å². The van der Waals surface area contributed by atoms with Crippen molar-refractivity contribution in [3.63, 3.8) is 0 Å². The van der Waals surface area contributed by atoms with Gasteiger partial charge in [-0.2, -0.15) is 0 Å². The molecule has 2 unspecified atom stereocenters. The van der Waals surface area contributed by atoms with Gasteiger partial charge in [-0.3, -0.25) is 0 Å². The number of benzene rings is 1. The topological polar surface area (TPSA) is 12.0 Å². The fraction of sp³-hybridized carbons (Fsp3) is 0.500. The molecule has 0 saturated heterocycles. The second kappa shape index (κ2) is 3.70. The van der Waals surface area contributed by atoms with Crippen LogP contribution < -0.4 is 5.32 Å². The van der Waals surface area contributed by atoms with Gasteiger partial charge in [-0.25, -0.2) is 4.39 Å². The molecule has 1 aromatic rings. The third-order valence-electron chi connectivity index (χ3n) is 2.91. The molecule has 1 aromatic carbocycles. The van der Waals surface area contributed by atoms with Crippen molar-refractivity contribution < 1.29 is 4.39 Å². The highest BCUT2D eigenvalue weighted by atomic mass is 19.1. The van der Waals surface area contributed by atoms with Crippen molar-refractivity contribution >= 4 is 0 Å². The molecule has 1 aliphatic heterocycles. The Morgan fingerprint density at radius 1 is 1.50 bits per heavy atom. The van der Waals surface area contributed by atoms with Crippen LogP contribution in [0.15, 0.2) is 18.2 Å². The molecule has 1 aliphatic rings. The van der Waals surface area contributed by atoms with Crippen LogP contribution in [0, 0.1) is 5.82 Å². The summed E-state index contributed by atoms with van der Waals surface area (Å²) in [7, 11) is 0.